The fourth-order valence-corrected chi connectivity index (χ4v) is 2.20. The lowest BCUT2D eigenvalue weighted by atomic mass is 9.99. The standard InChI is InChI=1S/C19H25NO6/c1-19(2,3)26-18(24)20-16(13-8-6-5-7-9-13)11-14(21)10-15(22)12-17(23)25-4/h5-9,16H,10-12H2,1-4H3,(H,20,24)/t16-/m1/s1. The predicted octanol–water partition coefficient (Wildman–Crippen LogP) is 2.73. The number of benzene rings is 1. The van der Waals surface area contributed by atoms with Gasteiger partial charge in [-0.1, -0.05) is 30.3 Å². The molecule has 1 rings (SSSR count). The first-order chi connectivity index (χ1) is 12.1. The molecule has 0 radical (unpaired) electrons. The Hall–Kier alpha value is -2.70. The molecule has 7 nitrogen and oxygen atoms in total. The van der Waals surface area contributed by atoms with Crippen molar-refractivity contribution < 1.29 is 28.7 Å². The minimum Gasteiger partial charge on any atom is -0.469 e. The molecular formula is C19H25NO6. The lowest BCUT2D eigenvalue weighted by Crippen LogP contribution is -2.36. The molecule has 0 spiro atoms. The van der Waals surface area contributed by atoms with E-state index in [0.717, 1.165) is 0 Å². The lowest BCUT2D eigenvalue weighted by molar-refractivity contribution is -0.143. The van der Waals surface area contributed by atoms with E-state index in [1.807, 2.05) is 6.07 Å². The Balaban J connectivity index is 2.77. The zero-order valence-corrected chi connectivity index (χ0v) is 15.5. The van der Waals surface area contributed by atoms with Crippen LogP contribution in [0.5, 0.6) is 0 Å². The molecule has 0 unspecified atom stereocenters. The molecule has 1 amide bonds. The summed E-state index contributed by atoms with van der Waals surface area (Å²) >= 11 is 0. The molecule has 1 atom stereocenters. The van der Waals surface area contributed by atoms with Gasteiger partial charge in [-0.2, -0.15) is 0 Å². The van der Waals surface area contributed by atoms with Gasteiger partial charge < -0.3 is 14.8 Å². The fourth-order valence-electron chi connectivity index (χ4n) is 2.20. The maximum atomic E-state index is 12.2. The Labute approximate surface area is 153 Å². The van der Waals surface area contributed by atoms with Crippen LogP contribution in [-0.2, 0) is 23.9 Å². The van der Waals surface area contributed by atoms with Crippen LogP contribution in [0.1, 0.15) is 51.6 Å². The molecule has 1 aromatic rings. The van der Waals surface area contributed by atoms with Crippen molar-refractivity contribution in [1.82, 2.24) is 5.32 Å². The zero-order chi connectivity index (χ0) is 19.7. The van der Waals surface area contributed by atoms with Crippen molar-refractivity contribution in [2.75, 3.05) is 7.11 Å². The third-order valence-corrected chi connectivity index (χ3v) is 3.29. The van der Waals surface area contributed by atoms with Gasteiger partial charge in [0.15, 0.2) is 5.78 Å². The Kier molecular flexibility index (Phi) is 7.96. The van der Waals surface area contributed by atoms with Crippen molar-refractivity contribution in [2.45, 2.75) is 51.7 Å². The highest BCUT2D eigenvalue weighted by atomic mass is 16.6. The van der Waals surface area contributed by atoms with Gasteiger partial charge in [-0.15, -0.1) is 0 Å². The molecule has 142 valence electrons. The first kappa shape index (κ1) is 21.3. The molecule has 1 N–H and O–H groups in total. The highest BCUT2D eigenvalue weighted by molar-refractivity contribution is 6.05. The number of ether oxygens (including phenoxy) is 2. The van der Waals surface area contributed by atoms with E-state index in [1.165, 1.54) is 7.11 Å². The number of carbonyl (C=O) groups is 4. The fraction of sp³-hybridized carbons (Fsp3) is 0.474. The molecule has 1 aromatic carbocycles. The molecule has 0 aliphatic rings. The smallest absolute Gasteiger partial charge is 0.408 e. The first-order valence-electron chi connectivity index (χ1n) is 8.25. The Bertz CT molecular complexity index is 648. The number of methoxy groups -OCH3 is 1. The van der Waals surface area contributed by atoms with E-state index in [-0.39, 0.29) is 12.2 Å². The van der Waals surface area contributed by atoms with Gasteiger partial charge in [0.25, 0.3) is 0 Å². The third-order valence-electron chi connectivity index (χ3n) is 3.29. The van der Waals surface area contributed by atoms with Crippen LogP contribution in [0.2, 0.25) is 0 Å². The summed E-state index contributed by atoms with van der Waals surface area (Å²) in [5, 5.41) is 2.66. The van der Waals surface area contributed by atoms with Crippen LogP contribution in [0.3, 0.4) is 0 Å². The van der Waals surface area contributed by atoms with Crippen molar-refractivity contribution in [3.05, 3.63) is 35.9 Å². The second kappa shape index (κ2) is 9.70. The number of nitrogens with one attached hydrogen (secondary N) is 1. The molecular weight excluding hydrogens is 338 g/mol. The van der Waals surface area contributed by atoms with E-state index in [2.05, 4.69) is 10.1 Å². The number of ketones is 2. The van der Waals surface area contributed by atoms with E-state index < -0.39 is 42.3 Å². The largest absolute Gasteiger partial charge is 0.469 e. The Morgan fingerprint density at radius 2 is 1.62 bits per heavy atom. The van der Waals surface area contributed by atoms with Gasteiger partial charge in [-0.3, -0.25) is 14.4 Å². The molecule has 26 heavy (non-hydrogen) atoms. The highest BCUT2D eigenvalue weighted by Crippen LogP contribution is 2.19. The summed E-state index contributed by atoms with van der Waals surface area (Å²) < 4.78 is 9.64. The molecule has 0 saturated carbocycles. The number of hydrogen-bond acceptors (Lipinski definition) is 6. The van der Waals surface area contributed by atoms with Crippen molar-refractivity contribution in [3.63, 3.8) is 0 Å². The van der Waals surface area contributed by atoms with Gasteiger partial charge in [0.05, 0.1) is 19.6 Å². The van der Waals surface area contributed by atoms with Crippen LogP contribution in [0.25, 0.3) is 0 Å². The van der Waals surface area contributed by atoms with Crippen molar-refractivity contribution >= 4 is 23.6 Å². The summed E-state index contributed by atoms with van der Waals surface area (Å²) in [4.78, 5) is 47.1. The van der Waals surface area contributed by atoms with Gasteiger partial charge in [0.2, 0.25) is 0 Å². The molecule has 0 fully saturated rings. The van der Waals surface area contributed by atoms with Crippen LogP contribution >= 0.6 is 0 Å². The molecule has 0 saturated heterocycles. The van der Waals surface area contributed by atoms with Crippen molar-refractivity contribution in [1.29, 1.82) is 0 Å². The number of hydrogen-bond donors (Lipinski definition) is 1. The minimum absolute atomic E-state index is 0.0871. The topological polar surface area (TPSA) is 98.8 Å². The Morgan fingerprint density at radius 3 is 2.15 bits per heavy atom. The summed E-state index contributed by atoms with van der Waals surface area (Å²) in [5.41, 5.74) is 0.0401. The number of alkyl carbamates (subject to hydrolysis) is 1. The summed E-state index contributed by atoms with van der Waals surface area (Å²) in [5.74, 6) is -1.59. The lowest BCUT2D eigenvalue weighted by Gasteiger charge is -2.23. The normalized spacial score (nSPS) is 12.0. The van der Waals surface area contributed by atoms with Gasteiger partial charge >= 0.3 is 12.1 Å². The molecule has 0 aliphatic heterocycles. The zero-order valence-electron chi connectivity index (χ0n) is 15.5. The van der Waals surface area contributed by atoms with Gasteiger partial charge in [-0.05, 0) is 26.3 Å². The average Bonchev–Trinajstić information content (AvgIpc) is 2.52. The van der Waals surface area contributed by atoms with Crippen LogP contribution < -0.4 is 5.32 Å². The summed E-state index contributed by atoms with van der Waals surface area (Å²) in [7, 11) is 1.17. The van der Waals surface area contributed by atoms with E-state index in [9.17, 15) is 19.2 Å². The van der Waals surface area contributed by atoms with Crippen LogP contribution in [-0.4, -0.2) is 36.3 Å². The van der Waals surface area contributed by atoms with E-state index in [1.54, 1.807) is 45.0 Å². The average molecular weight is 363 g/mol. The number of carbonyl (C=O) groups excluding carboxylic acids is 4. The Morgan fingerprint density at radius 1 is 1.00 bits per heavy atom. The highest BCUT2D eigenvalue weighted by Gasteiger charge is 2.24. The number of esters is 1. The summed E-state index contributed by atoms with van der Waals surface area (Å²) in [6.45, 7) is 5.21. The molecule has 0 heterocycles. The van der Waals surface area contributed by atoms with Gasteiger partial charge in [-0.25, -0.2) is 4.79 Å². The van der Waals surface area contributed by atoms with E-state index in [4.69, 9.17) is 4.74 Å². The first-order valence-corrected chi connectivity index (χ1v) is 8.25. The van der Waals surface area contributed by atoms with E-state index in [0.29, 0.717) is 5.56 Å². The van der Waals surface area contributed by atoms with Crippen molar-refractivity contribution in [2.24, 2.45) is 0 Å². The number of rotatable bonds is 8. The molecule has 0 bridgehead atoms. The minimum atomic E-state index is -0.686. The maximum absolute atomic E-state index is 12.2. The van der Waals surface area contributed by atoms with Gasteiger partial charge in [0.1, 0.15) is 17.8 Å². The summed E-state index contributed by atoms with van der Waals surface area (Å²) in [6.07, 6.45) is -1.58. The molecule has 0 aliphatic carbocycles. The molecule has 0 aromatic heterocycles. The summed E-state index contributed by atoms with van der Waals surface area (Å²) in [6, 6.07) is 8.29. The van der Waals surface area contributed by atoms with Crippen molar-refractivity contribution in [3.8, 4) is 0 Å². The SMILES string of the molecule is COC(=O)CC(=O)CC(=O)C[C@@H](NC(=O)OC(C)(C)C)c1ccccc1. The van der Waals surface area contributed by atoms with Crippen LogP contribution in [0, 0.1) is 0 Å². The van der Waals surface area contributed by atoms with Gasteiger partial charge in [0, 0.05) is 6.42 Å². The van der Waals surface area contributed by atoms with Crippen LogP contribution in [0.15, 0.2) is 30.3 Å². The number of Topliss-reactive ketones (excluding diaryl/α,β-unsaturated/α-hetero) is 2. The monoisotopic (exact) mass is 363 g/mol. The number of amides is 1. The predicted molar refractivity (Wildman–Crippen MR) is 94.4 cm³/mol. The quantitative estimate of drug-likeness (QED) is 0.563. The van der Waals surface area contributed by atoms with E-state index >= 15 is 0 Å². The second-order valence-corrected chi connectivity index (χ2v) is 6.82. The van der Waals surface area contributed by atoms with Crippen LogP contribution in [0.4, 0.5) is 4.79 Å². The second-order valence-electron chi connectivity index (χ2n) is 6.82. The molecule has 7 heteroatoms. The third kappa shape index (κ3) is 8.41. The maximum Gasteiger partial charge on any atom is 0.408 e.